The molecular weight excluding hydrogens is 107 g/mol. The molecule has 0 saturated carbocycles. The van der Waals surface area contributed by atoms with Crippen molar-refractivity contribution < 1.29 is 36.4 Å². The Morgan fingerprint density at radius 2 is 1.29 bits per heavy atom. The summed E-state index contributed by atoms with van der Waals surface area (Å²) in [5.41, 5.74) is 0. The Morgan fingerprint density at radius 3 is 1.29 bits per heavy atom. The van der Waals surface area contributed by atoms with Crippen molar-refractivity contribution in [2.75, 3.05) is 0 Å². The number of hydrogen-bond acceptors (Lipinski definition) is 0. The molecule has 0 heterocycles. The molecule has 0 nitrogen and oxygen atoms in total. The van der Waals surface area contributed by atoms with Crippen molar-refractivity contribution in [2.45, 2.75) is 6.18 Å². The van der Waals surface area contributed by atoms with Gasteiger partial charge < -0.3 is 4.39 Å². The SMILES string of the molecule is F[CH-]C(F)(F)F.[Li+]. The van der Waals surface area contributed by atoms with Crippen molar-refractivity contribution in [1.82, 2.24) is 0 Å². The quantitative estimate of drug-likeness (QED) is 0.205. The van der Waals surface area contributed by atoms with Gasteiger partial charge in [-0.25, -0.2) is 13.2 Å². The molecule has 0 aliphatic heterocycles. The van der Waals surface area contributed by atoms with Gasteiger partial charge in [0.25, 0.3) is 6.18 Å². The Bertz CT molecular complexity index is 39.4. The smallest absolute Gasteiger partial charge is 0.451 e. The zero-order valence-electron chi connectivity index (χ0n) is 3.59. The summed E-state index contributed by atoms with van der Waals surface area (Å²) in [6, 6.07) is 0. The van der Waals surface area contributed by atoms with Gasteiger partial charge in [0, 0.05) is 0 Å². The van der Waals surface area contributed by atoms with Crippen LogP contribution in [0.1, 0.15) is 0 Å². The van der Waals surface area contributed by atoms with Crippen molar-refractivity contribution in [3.05, 3.63) is 6.67 Å². The second-order valence-corrected chi connectivity index (χ2v) is 0.651. The van der Waals surface area contributed by atoms with Crippen LogP contribution in [0.15, 0.2) is 0 Å². The van der Waals surface area contributed by atoms with E-state index < -0.39 is 12.9 Å². The van der Waals surface area contributed by atoms with E-state index in [0.29, 0.717) is 0 Å². The van der Waals surface area contributed by atoms with Gasteiger partial charge in [-0.15, -0.1) is 0 Å². The van der Waals surface area contributed by atoms with Crippen LogP contribution in [0.2, 0.25) is 0 Å². The molecule has 0 rings (SSSR count). The minimum Gasteiger partial charge on any atom is -0.451 e. The Balaban J connectivity index is 0. The first-order valence-corrected chi connectivity index (χ1v) is 1.07. The van der Waals surface area contributed by atoms with Gasteiger partial charge >= 0.3 is 18.9 Å². The van der Waals surface area contributed by atoms with E-state index in [1.807, 2.05) is 0 Å². The molecule has 0 fully saturated rings. The molecule has 0 aromatic heterocycles. The van der Waals surface area contributed by atoms with Crippen LogP contribution in [-0.2, 0) is 0 Å². The third-order valence-electron chi connectivity index (χ3n) is 0.124. The second kappa shape index (κ2) is 3.34. The van der Waals surface area contributed by atoms with Crippen LogP contribution in [-0.4, -0.2) is 6.18 Å². The van der Waals surface area contributed by atoms with Crippen LogP contribution in [0.25, 0.3) is 0 Å². The van der Waals surface area contributed by atoms with Crippen LogP contribution in [0.5, 0.6) is 0 Å². The molecule has 7 heavy (non-hydrogen) atoms. The summed E-state index contributed by atoms with van der Waals surface area (Å²) < 4.78 is 41.3. The zero-order chi connectivity index (χ0) is 5.21. The molecule has 0 radical (unpaired) electrons. The molecule has 0 N–H and O–H groups in total. The van der Waals surface area contributed by atoms with Gasteiger partial charge in [0.1, 0.15) is 0 Å². The van der Waals surface area contributed by atoms with E-state index in [9.17, 15) is 17.6 Å². The monoisotopic (exact) mass is 108 g/mol. The summed E-state index contributed by atoms with van der Waals surface area (Å²) in [6.45, 7) is -1.31. The molecule has 0 aliphatic carbocycles. The van der Waals surface area contributed by atoms with E-state index in [1.165, 1.54) is 0 Å². The van der Waals surface area contributed by atoms with E-state index >= 15 is 0 Å². The summed E-state index contributed by atoms with van der Waals surface area (Å²) in [5, 5.41) is 0. The second-order valence-electron chi connectivity index (χ2n) is 0.651. The predicted molar refractivity (Wildman–Crippen MR) is 11.5 cm³/mol. The minimum absolute atomic E-state index is 0. The molecule has 0 saturated heterocycles. The number of halogens is 4. The maximum absolute atomic E-state index is 10.4. The van der Waals surface area contributed by atoms with E-state index in [-0.39, 0.29) is 18.9 Å². The molecular formula is C2HF4Li. The van der Waals surface area contributed by atoms with Crippen LogP contribution in [0, 0.1) is 6.67 Å². The van der Waals surface area contributed by atoms with Gasteiger partial charge in [-0.05, 0) is 0 Å². The van der Waals surface area contributed by atoms with Crippen molar-refractivity contribution >= 4 is 0 Å². The van der Waals surface area contributed by atoms with Crippen LogP contribution in [0.4, 0.5) is 17.6 Å². The third-order valence-corrected chi connectivity index (χ3v) is 0.124. The minimum atomic E-state index is -4.75. The van der Waals surface area contributed by atoms with Gasteiger partial charge in [0.15, 0.2) is 0 Å². The Kier molecular flexibility index (Phi) is 4.92. The number of hydrogen-bond donors (Lipinski definition) is 0. The van der Waals surface area contributed by atoms with Crippen LogP contribution in [0.3, 0.4) is 0 Å². The molecule has 0 amide bonds. The zero-order valence-corrected chi connectivity index (χ0v) is 3.59. The van der Waals surface area contributed by atoms with E-state index in [0.717, 1.165) is 0 Å². The van der Waals surface area contributed by atoms with Gasteiger partial charge in [0.05, 0.1) is 0 Å². The summed E-state index contributed by atoms with van der Waals surface area (Å²) >= 11 is 0. The maximum Gasteiger partial charge on any atom is 1.00 e. The van der Waals surface area contributed by atoms with Gasteiger partial charge in [-0.3, -0.25) is 0 Å². The summed E-state index contributed by atoms with van der Waals surface area (Å²) in [4.78, 5) is 0. The topological polar surface area (TPSA) is 0 Å². The largest absolute Gasteiger partial charge is 1.00 e. The van der Waals surface area contributed by atoms with Crippen molar-refractivity contribution in [2.24, 2.45) is 0 Å². The molecule has 0 aliphatic rings. The predicted octanol–water partition coefficient (Wildman–Crippen LogP) is -1.32. The fourth-order valence-corrected chi connectivity index (χ4v) is 0. The van der Waals surface area contributed by atoms with Crippen LogP contribution < -0.4 is 18.9 Å². The average Bonchev–Trinajstić information content (AvgIpc) is 1.35. The third kappa shape index (κ3) is 10.7. The van der Waals surface area contributed by atoms with Crippen molar-refractivity contribution in [3.8, 4) is 0 Å². The first-order chi connectivity index (χ1) is 2.56. The Hall–Kier alpha value is 0.317. The first kappa shape index (κ1) is 10.3. The Morgan fingerprint density at radius 1 is 1.14 bits per heavy atom. The van der Waals surface area contributed by atoms with E-state index in [1.54, 1.807) is 0 Å². The van der Waals surface area contributed by atoms with Gasteiger partial charge in [0.2, 0.25) is 0 Å². The molecule has 5 heteroatoms. The van der Waals surface area contributed by atoms with E-state index in [2.05, 4.69) is 0 Å². The average molecular weight is 108 g/mol. The van der Waals surface area contributed by atoms with Crippen LogP contribution >= 0.6 is 0 Å². The first-order valence-electron chi connectivity index (χ1n) is 1.07. The van der Waals surface area contributed by atoms with Crippen molar-refractivity contribution in [1.29, 1.82) is 0 Å². The molecule has 0 aromatic carbocycles. The summed E-state index contributed by atoms with van der Waals surface area (Å²) in [5.74, 6) is 0. The summed E-state index contributed by atoms with van der Waals surface area (Å²) in [6.07, 6.45) is -4.75. The summed E-state index contributed by atoms with van der Waals surface area (Å²) in [7, 11) is 0. The molecule has 0 aromatic rings. The standard InChI is InChI=1S/C2HF4.Li/c3-1-2(4,5)6;/h1H;/q-1;+1. The fourth-order valence-electron chi connectivity index (χ4n) is 0. The Labute approximate surface area is 50.1 Å². The van der Waals surface area contributed by atoms with Gasteiger partial charge in [-0.2, -0.15) is 0 Å². The van der Waals surface area contributed by atoms with E-state index in [4.69, 9.17) is 0 Å². The normalized spacial score (nSPS) is 10.3. The molecule has 0 spiro atoms. The van der Waals surface area contributed by atoms with Gasteiger partial charge in [-0.1, -0.05) is 6.67 Å². The maximum atomic E-state index is 10.4. The molecule has 0 bridgehead atoms. The number of alkyl halides is 3. The molecule has 0 atom stereocenters. The molecule has 0 unspecified atom stereocenters. The molecule has 38 valence electrons. The number of rotatable bonds is 0. The fraction of sp³-hybridized carbons (Fsp3) is 0.500. The van der Waals surface area contributed by atoms with Crippen molar-refractivity contribution in [3.63, 3.8) is 0 Å².